The highest BCUT2D eigenvalue weighted by molar-refractivity contribution is 5.79. The van der Waals surface area contributed by atoms with E-state index in [0.717, 1.165) is 51.6 Å². The Balaban J connectivity index is 1.65. The van der Waals surface area contributed by atoms with Gasteiger partial charge in [0.1, 0.15) is 0 Å². The minimum atomic E-state index is 0.659. The molecule has 1 fully saturated rings. The lowest BCUT2D eigenvalue weighted by molar-refractivity contribution is 0.153. The Labute approximate surface area is 128 Å². The maximum absolute atomic E-state index is 5.33. The van der Waals surface area contributed by atoms with E-state index in [1.807, 2.05) is 7.05 Å². The van der Waals surface area contributed by atoms with Crippen molar-refractivity contribution in [2.24, 2.45) is 4.99 Å². The smallest absolute Gasteiger partial charge is 0.191 e. The molecule has 0 amide bonds. The number of nitrogens with one attached hydrogen (secondary N) is 2. The SMILES string of the molecule is CCN1CCCC1CNC(=NC)NCCC1=CCOCC1. The fourth-order valence-corrected chi connectivity index (χ4v) is 3.11. The Hall–Kier alpha value is -1.07. The molecule has 2 heterocycles. The van der Waals surface area contributed by atoms with Crippen LogP contribution in [0.3, 0.4) is 0 Å². The van der Waals surface area contributed by atoms with E-state index in [1.165, 1.54) is 25.0 Å². The van der Waals surface area contributed by atoms with Crippen LogP contribution in [0.5, 0.6) is 0 Å². The van der Waals surface area contributed by atoms with Crippen molar-refractivity contribution in [2.45, 2.75) is 38.6 Å². The van der Waals surface area contributed by atoms with Gasteiger partial charge in [-0.05, 0) is 38.8 Å². The first-order valence-electron chi connectivity index (χ1n) is 8.27. The van der Waals surface area contributed by atoms with E-state index in [0.29, 0.717) is 6.04 Å². The summed E-state index contributed by atoms with van der Waals surface area (Å²) in [6, 6.07) is 0.659. The van der Waals surface area contributed by atoms with Gasteiger partial charge in [-0.3, -0.25) is 9.89 Å². The third-order valence-corrected chi connectivity index (χ3v) is 4.43. The van der Waals surface area contributed by atoms with Crippen molar-refractivity contribution in [3.05, 3.63) is 11.6 Å². The molecule has 2 aliphatic rings. The molecule has 1 unspecified atom stereocenters. The van der Waals surface area contributed by atoms with Gasteiger partial charge in [-0.1, -0.05) is 18.6 Å². The largest absolute Gasteiger partial charge is 0.377 e. The maximum Gasteiger partial charge on any atom is 0.191 e. The number of hydrogen-bond donors (Lipinski definition) is 2. The molecule has 0 aromatic heterocycles. The molecule has 5 nitrogen and oxygen atoms in total. The number of nitrogens with zero attached hydrogens (tertiary/aromatic N) is 2. The first-order valence-corrected chi connectivity index (χ1v) is 8.27. The Bertz CT molecular complexity index is 367. The predicted octanol–water partition coefficient (Wildman–Crippen LogP) is 1.37. The second-order valence-corrected chi connectivity index (χ2v) is 5.74. The number of rotatable bonds is 6. The summed E-state index contributed by atoms with van der Waals surface area (Å²) in [5, 5.41) is 6.88. The first-order chi connectivity index (χ1) is 10.3. The van der Waals surface area contributed by atoms with Gasteiger partial charge in [0.05, 0.1) is 13.2 Å². The van der Waals surface area contributed by atoms with E-state index in [-0.39, 0.29) is 0 Å². The van der Waals surface area contributed by atoms with Gasteiger partial charge in [0.2, 0.25) is 0 Å². The van der Waals surface area contributed by atoms with E-state index in [9.17, 15) is 0 Å². The maximum atomic E-state index is 5.33. The van der Waals surface area contributed by atoms with Crippen molar-refractivity contribution in [1.29, 1.82) is 0 Å². The molecular weight excluding hydrogens is 264 g/mol. The van der Waals surface area contributed by atoms with Crippen LogP contribution in [0.2, 0.25) is 0 Å². The van der Waals surface area contributed by atoms with Crippen LogP contribution in [0.1, 0.15) is 32.6 Å². The molecule has 2 aliphatic heterocycles. The summed E-state index contributed by atoms with van der Waals surface area (Å²) < 4.78 is 5.33. The van der Waals surface area contributed by atoms with E-state index in [1.54, 1.807) is 0 Å². The summed E-state index contributed by atoms with van der Waals surface area (Å²) in [5.74, 6) is 0.922. The lowest BCUT2D eigenvalue weighted by atomic mass is 10.1. The fraction of sp³-hybridized carbons (Fsp3) is 0.812. The molecule has 0 aliphatic carbocycles. The zero-order valence-electron chi connectivity index (χ0n) is 13.5. The van der Waals surface area contributed by atoms with Gasteiger partial charge >= 0.3 is 0 Å². The van der Waals surface area contributed by atoms with Crippen molar-refractivity contribution >= 4 is 5.96 Å². The molecule has 2 N–H and O–H groups in total. The van der Waals surface area contributed by atoms with E-state index in [2.05, 4.69) is 33.5 Å². The average molecular weight is 294 g/mol. The van der Waals surface area contributed by atoms with Crippen molar-refractivity contribution in [3.8, 4) is 0 Å². The van der Waals surface area contributed by atoms with Crippen LogP contribution in [0.25, 0.3) is 0 Å². The predicted molar refractivity (Wildman–Crippen MR) is 87.8 cm³/mol. The molecule has 0 radical (unpaired) electrons. The molecule has 1 atom stereocenters. The van der Waals surface area contributed by atoms with Crippen LogP contribution >= 0.6 is 0 Å². The third kappa shape index (κ3) is 5.32. The molecule has 0 spiro atoms. The van der Waals surface area contributed by atoms with Crippen LogP contribution in [0, 0.1) is 0 Å². The Morgan fingerprint density at radius 2 is 2.38 bits per heavy atom. The van der Waals surface area contributed by atoms with E-state index in [4.69, 9.17) is 4.74 Å². The van der Waals surface area contributed by atoms with Crippen LogP contribution in [-0.2, 0) is 4.74 Å². The van der Waals surface area contributed by atoms with Crippen molar-refractivity contribution in [1.82, 2.24) is 15.5 Å². The number of likely N-dealkylation sites (tertiary alicyclic amines) is 1. The van der Waals surface area contributed by atoms with Gasteiger partial charge in [-0.2, -0.15) is 0 Å². The molecular formula is C16H30N4O. The fourth-order valence-electron chi connectivity index (χ4n) is 3.11. The lowest BCUT2D eigenvalue weighted by Gasteiger charge is -2.24. The van der Waals surface area contributed by atoms with Crippen molar-refractivity contribution < 1.29 is 4.74 Å². The quantitative estimate of drug-likeness (QED) is 0.441. The highest BCUT2D eigenvalue weighted by Gasteiger charge is 2.22. The molecule has 1 saturated heterocycles. The van der Waals surface area contributed by atoms with E-state index < -0.39 is 0 Å². The molecule has 0 bridgehead atoms. The molecule has 0 aromatic rings. The second kappa shape index (κ2) is 9.05. The second-order valence-electron chi connectivity index (χ2n) is 5.74. The molecule has 120 valence electrons. The molecule has 0 saturated carbocycles. The minimum Gasteiger partial charge on any atom is -0.377 e. The normalized spacial score (nSPS) is 24.0. The summed E-state index contributed by atoms with van der Waals surface area (Å²) in [7, 11) is 1.84. The average Bonchev–Trinajstić information content (AvgIpc) is 2.99. The highest BCUT2D eigenvalue weighted by Crippen LogP contribution is 2.15. The number of guanidine groups is 1. The third-order valence-electron chi connectivity index (χ3n) is 4.43. The summed E-state index contributed by atoms with van der Waals surface area (Å²) in [4.78, 5) is 6.86. The summed E-state index contributed by atoms with van der Waals surface area (Å²) in [5.41, 5.74) is 1.50. The Morgan fingerprint density at radius 1 is 1.48 bits per heavy atom. The monoisotopic (exact) mass is 294 g/mol. The summed E-state index contributed by atoms with van der Waals surface area (Å²) in [6.07, 6.45) is 6.97. The standard InChI is InChI=1S/C16H30N4O/c1-3-20-10-4-5-15(20)13-19-16(17-2)18-9-6-14-7-11-21-12-8-14/h7,15H,3-6,8-13H2,1-2H3,(H2,17,18,19). The van der Waals surface area contributed by atoms with Gasteiger partial charge in [0.25, 0.3) is 0 Å². The van der Waals surface area contributed by atoms with Crippen molar-refractivity contribution in [2.75, 3.05) is 46.4 Å². The minimum absolute atomic E-state index is 0.659. The van der Waals surface area contributed by atoms with Gasteiger partial charge in [0, 0.05) is 26.2 Å². The van der Waals surface area contributed by atoms with Gasteiger partial charge < -0.3 is 15.4 Å². The Morgan fingerprint density at radius 3 is 3.10 bits per heavy atom. The number of hydrogen-bond acceptors (Lipinski definition) is 3. The lowest BCUT2D eigenvalue weighted by Crippen LogP contribution is -2.45. The summed E-state index contributed by atoms with van der Waals surface area (Å²) >= 11 is 0. The topological polar surface area (TPSA) is 48.9 Å². The van der Waals surface area contributed by atoms with Crippen LogP contribution in [-0.4, -0.2) is 63.3 Å². The number of ether oxygens (including phenoxy) is 1. The van der Waals surface area contributed by atoms with Crippen molar-refractivity contribution in [3.63, 3.8) is 0 Å². The highest BCUT2D eigenvalue weighted by atomic mass is 16.5. The van der Waals surface area contributed by atoms with Crippen LogP contribution in [0.4, 0.5) is 0 Å². The van der Waals surface area contributed by atoms with Gasteiger partial charge in [-0.15, -0.1) is 0 Å². The number of likely N-dealkylation sites (N-methyl/N-ethyl adjacent to an activating group) is 1. The summed E-state index contributed by atoms with van der Waals surface area (Å²) in [6.45, 7) is 8.20. The van der Waals surface area contributed by atoms with Gasteiger partial charge in [-0.25, -0.2) is 0 Å². The Kier molecular flexibility index (Phi) is 7.03. The zero-order chi connectivity index (χ0) is 14.9. The van der Waals surface area contributed by atoms with Gasteiger partial charge in [0.15, 0.2) is 5.96 Å². The number of aliphatic imine (C=N–C) groups is 1. The van der Waals surface area contributed by atoms with Crippen LogP contribution < -0.4 is 10.6 Å². The molecule has 0 aromatic carbocycles. The molecule has 21 heavy (non-hydrogen) atoms. The van der Waals surface area contributed by atoms with E-state index >= 15 is 0 Å². The zero-order valence-corrected chi connectivity index (χ0v) is 13.5. The molecule has 2 rings (SSSR count). The first kappa shape index (κ1) is 16.3. The van der Waals surface area contributed by atoms with Crippen LogP contribution in [0.15, 0.2) is 16.6 Å². The molecule has 5 heteroatoms.